The van der Waals surface area contributed by atoms with Gasteiger partial charge in [-0.2, -0.15) is 0 Å². The highest BCUT2D eigenvalue weighted by Crippen LogP contribution is 2.18. The van der Waals surface area contributed by atoms with Crippen molar-refractivity contribution in [2.75, 3.05) is 17.7 Å². The summed E-state index contributed by atoms with van der Waals surface area (Å²) in [6.45, 7) is 1.72. The number of methoxy groups -OCH3 is 1. The third-order valence-electron chi connectivity index (χ3n) is 4.46. The van der Waals surface area contributed by atoms with Crippen LogP contribution in [-0.2, 0) is 16.1 Å². The first kappa shape index (κ1) is 21.5. The number of carbonyl (C=O) groups excluding carboxylic acids is 3. The van der Waals surface area contributed by atoms with Gasteiger partial charge in [0.1, 0.15) is 6.54 Å². The van der Waals surface area contributed by atoms with E-state index in [2.05, 4.69) is 10.6 Å². The average Bonchev–Trinajstić information content (AvgIpc) is 2.76. The minimum atomic E-state index is -0.554. The van der Waals surface area contributed by atoms with E-state index in [1.165, 1.54) is 17.7 Å². The lowest BCUT2D eigenvalue weighted by Crippen LogP contribution is -2.26. The molecular weight excluding hydrogens is 398 g/mol. The summed E-state index contributed by atoms with van der Waals surface area (Å²) in [5.41, 5.74) is 2.01. The summed E-state index contributed by atoms with van der Waals surface area (Å²) in [7, 11) is 1.27. The quantitative estimate of drug-likeness (QED) is 0.598. The minimum absolute atomic E-state index is 0.118. The fourth-order valence-corrected chi connectivity index (χ4v) is 2.91. The molecule has 3 aromatic rings. The number of aryl methyl sites for hydroxylation is 1. The number of aromatic nitrogens is 1. The Hall–Kier alpha value is -4.20. The van der Waals surface area contributed by atoms with Crippen LogP contribution in [0.5, 0.6) is 0 Å². The van der Waals surface area contributed by atoms with E-state index >= 15 is 0 Å². The van der Waals surface area contributed by atoms with E-state index in [4.69, 9.17) is 4.74 Å². The zero-order valence-corrected chi connectivity index (χ0v) is 17.0. The molecule has 8 heteroatoms. The number of nitrogens with one attached hydrogen (secondary N) is 2. The van der Waals surface area contributed by atoms with E-state index in [-0.39, 0.29) is 23.6 Å². The van der Waals surface area contributed by atoms with Gasteiger partial charge >= 0.3 is 5.97 Å². The molecule has 0 aliphatic carbocycles. The molecule has 2 amide bonds. The standard InChI is InChI=1S/C23H21N3O5/c1-15-7-12-21(28)26(13-15)14-20(27)24-17-10-8-16(9-11-17)22(29)25-19-6-4-3-5-18(19)23(30)31-2/h3-13H,14H2,1-2H3,(H,24,27)(H,25,29). The van der Waals surface area contributed by atoms with Gasteiger partial charge in [0.25, 0.3) is 11.5 Å². The van der Waals surface area contributed by atoms with Crippen LogP contribution in [0, 0.1) is 6.92 Å². The van der Waals surface area contributed by atoms with Crippen molar-refractivity contribution in [3.63, 3.8) is 0 Å². The Balaban J connectivity index is 1.65. The van der Waals surface area contributed by atoms with Crippen molar-refractivity contribution in [1.29, 1.82) is 0 Å². The van der Waals surface area contributed by atoms with Crippen molar-refractivity contribution in [2.24, 2.45) is 0 Å². The molecule has 0 aliphatic rings. The maximum Gasteiger partial charge on any atom is 0.339 e. The van der Waals surface area contributed by atoms with Gasteiger partial charge in [0, 0.05) is 23.5 Å². The van der Waals surface area contributed by atoms with Gasteiger partial charge in [-0.3, -0.25) is 14.4 Å². The molecule has 0 spiro atoms. The van der Waals surface area contributed by atoms with Crippen LogP contribution in [0.3, 0.4) is 0 Å². The normalized spacial score (nSPS) is 10.3. The van der Waals surface area contributed by atoms with Crippen LogP contribution in [0.4, 0.5) is 11.4 Å². The second-order valence-corrected chi connectivity index (χ2v) is 6.79. The van der Waals surface area contributed by atoms with Gasteiger partial charge in [-0.05, 0) is 48.9 Å². The van der Waals surface area contributed by atoms with E-state index in [1.54, 1.807) is 60.8 Å². The largest absolute Gasteiger partial charge is 0.465 e. The fraction of sp³-hybridized carbons (Fsp3) is 0.130. The molecule has 8 nitrogen and oxygen atoms in total. The lowest BCUT2D eigenvalue weighted by atomic mass is 10.1. The fourth-order valence-electron chi connectivity index (χ4n) is 2.91. The average molecular weight is 419 g/mol. The predicted molar refractivity (Wildman–Crippen MR) is 116 cm³/mol. The molecule has 31 heavy (non-hydrogen) atoms. The summed E-state index contributed by atoms with van der Waals surface area (Å²) < 4.78 is 6.05. The Bertz CT molecular complexity index is 1180. The molecule has 0 atom stereocenters. The number of carbonyl (C=O) groups is 3. The van der Waals surface area contributed by atoms with Crippen molar-refractivity contribution < 1.29 is 19.1 Å². The Labute approximate surface area is 178 Å². The molecule has 1 heterocycles. The van der Waals surface area contributed by atoms with Gasteiger partial charge in [-0.15, -0.1) is 0 Å². The number of ether oxygens (including phenoxy) is 1. The molecule has 158 valence electrons. The van der Waals surface area contributed by atoms with Crippen LogP contribution in [-0.4, -0.2) is 29.5 Å². The molecule has 0 bridgehead atoms. The van der Waals surface area contributed by atoms with Gasteiger partial charge in [0.15, 0.2) is 0 Å². The van der Waals surface area contributed by atoms with Crippen LogP contribution in [0.2, 0.25) is 0 Å². The summed E-state index contributed by atoms with van der Waals surface area (Å²) >= 11 is 0. The minimum Gasteiger partial charge on any atom is -0.465 e. The number of benzene rings is 2. The highest BCUT2D eigenvalue weighted by Gasteiger charge is 2.14. The molecule has 0 aliphatic heterocycles. The van der Waals surface area contributed by atoms with Crippen LogP contribution < -0.4 is 16.2 Å². The summed E-state index contributed by atoms with van der Waals surface area (Å²) in [6.07, 6.45) is 1.61. The lowest BCUT2D eigenvalue weighted by Gasteiger charge is -2.11. The maximum absolute atomic E-state index is 12.5. The van der Waals surface area contributed by atoms with Gasteiger partial charge in [0.05, 0.1) is 18.4 Å². The Morgan fingerprint density at radius 3 is 2.35 bits per heavy atom. The highest BCUT2D eigenvalue weighted by atomic mass is 16.5. The smallest absolute Gasteiger partial charge is 0.339 e. The van der Waals surface area contributed by atoms with Gasteiger partial charge in [0.2, 0.25) is 5.91 Å². The molecule has 0 saturated heterocycles. The summed E-state index contributed by atoms with van der Waals surface area (Å²) in [4.78, 5) is 48.4. The number of pyridine rings is 1. The van der Waals surface area contributed by atoms with Crippen LogP contribution >= 0.6 is 0 Å². The zero-order valence-electron chi connectivity index (χ0n) is 17.0. The summed E-state index contributed by atoms with van der Waals surface area (Å²) in [5.74, 6) is -1.33. The van der Waals surface area contributed by atoms with Gasteiger partial charge in [-0.1, -0.05) is 18.2 Å². The van der Waals surface area contributed by atoms with Crippen molar-refractivity contribution in [3.8, 4) is 0 Å². The number of anilines is 2. The van der Waals surface area contributed by atoms with E-state index in [0.717, 1.165) is 5.56 Å². The van der Waals surface area contributed by atoms with Gasteiger partial charge < -0.3 is 19.9 Å². The number of hydrogen-bond acceptors (Lipinski definition) is 5. The van der Waals surface area contributed by atoms with Crippen LogP contribution in [0.15, 0.2) is 71.7 Å². The first-order valence-electron chi connectivity index (χ1n) is 9.43. The molecule has 0 radical (unpaired) electrons. The summed E-state index contributed by atoms with van der Waals surface area (Å²) in [5, 5.41) is 5.37. The first-order chi connectivity index (χ1) is 14.9. The first-order valence-corrected chi connectivity index (χ1v) is 9.43. The number of hydrogen-bond donors (Lipinski definition) is 2. The Morgan fingerprint density at radius 2 is 1.65 bits per heavy atom. The van der Waals surface area contributed by atoms with Crippen molar-refractivity contribution in [1.82, 2.24) is 4.57 Å². The molecule has 0 unspecified atom stereocenters. The van der Waals surface area contributed by atoms with E-state index in [9.17, 15) is 19.2 Å². The highest BCUT2D eigenvalue weighted by molar-refractivity contribution is 6.08. The molecule has 0 saturated carbocycles. The molecule has 2 aromatic carbocycles. The van der Waals surface area contributed by atoms with Crippen LogP contribution in [0.25, 0.3) is 0 Å². The molecule has 0 fully saturated rings. The Morgan fingerprint density at radius 1 is 0.935 bits per heavy atom. The number of nitrogens with zero attached hydrogens (tertiary/aromatic N) is 1. The van der Waals surface area contributed by atoms with Crippen molar-refractivity contribution in [3.05, 3.63) is 93.9 Å². The second kappa shape index (κ2) is 9.53. The SMILES string of the molecule is COC(=O)c1ccccc1NC(=O)c1ccc(NC(=O)Cn2cc(C)ccc2=O)cc1. The molecular formula is C23H21N3O5. The second-order valence-electron chi connectivity index (χ2n) is 6.79. The number of esters is 1. The monoisotopic (exact) mass is 419 g/mol. The number of rotatable bonds is 6. The summed E-state index contributed by atoms with van der Waals surface area (Å²) in [6, 6.07) is 15.9. The van der Waals surface area contributed by atoms with Crippen LogP contribution in [0.1, 0.15) is 26.3 Å². The third kappa shape index (κ3) is 5.45. The number of para-hydroxylation sites is 1. The molecule has 1 aromatic heterocycles. The predicted octanol–water partition coefficient (Wildman–Crippen LogP) is 2.83. The third-order valence-corrected chi connectivity index (χ3v) is 4.46. The van der Waals surface area contributed by atoms with Gasteiger partial charge in [-0.25, -0.2) is 4.79 Å². The van der Waals surface area contributed by atoms with E-state index in [1.807, 2.05) is 6.92 Å². The van der Waals surface area contributed by atoms with Crippen molar-refractivity contribution >= 4 is 29.2 Å². The van der Waals surface area contributed by atoms with E-state index in [0.29, 0.717) is 16.9 Å². The molecule has 2 N–H and O–H groups in total. The Kier molecular flexibility index (Phi) is 6.61. The number of amides is 2. The topological polar surface area (TPSA) is 106 Å². The lowest BCUT2D eigenvalue weighted by molar-refractivity contribution is -0.116. The maximum atomic E-state index is 12.5. The molecule has 3 rings (SSSR count). The van der Waals surface area contributed by atoms with Crippen molar-refractivity contribution in [2.45, 2.75) is 13.5 Å². The zero-order chi connectivity index (χ0) is 22.4. The van der Waals surface area contributed by atoms with E-state index < -0.39 is 11.9 Å².